The molecule has 0 N–H and O–H groups in total. The molecule has 0 aromatic heterocycles. The zero-order chi connectivity index (χ0) is 15.6. The summed E-state index contributed by atoms with van der Waals surface area (Å²) in [5.41, 5.74) is 3.08. The Morgan fingerprint density at radius 3 is 2.43 bits per heavy atom. The second-order valence-corrected chi connectivity index (χ2v) is 7.86. The number of aryl methyl sites for hydroxylation is 1. The molecule has 0 bridgehead atoms. The molecular weight excluding hydrogens is 352 g/mol. The van der Waals surface area contributed by atoms with Gasteiger partial charge in [-0.3, -0.25) is 0 Å². The lowest BCUT2D eigenvalue weighted by atomic mass is 10.0. The minimum atomic E-state index is -3.20. The molecule has 0 saturated carbocycles. The van der Waals surface area contributed by atoms with E-state index in [0.717, 1.165) is 22.4 Å². The van der Waals surface area contributed by atoms with Gasteiger partial charge in [-0.15, -0.1) is 0 Å². The molecule has 2 aromatic carbocycles. The van der Waals surface area contributed by atoms with E-state index in [1.165, 1.54) is 6.26 Å². The largest absolute Gasteiger partial charge is 0.497 e. The number of sulfone groups is 1. The molecule has 0 amide bonds. The molecule has 3 nitrogen and oxygen atoms in total. The Hall–Kier alpha value is -1.33. The summed E-state index contributed by atoms with van der Waals surface area (Å²) in [5.74, 6) is 0.806. The fourth-order valence-corrected chi connectivity index (χ4v) is 3.62. The highest BCUT2D eigenvalue weighted by molar-refractivity contribution is 9.09. The van der Waals surface area contributed by atoms with Gasteiger partial charge in [-0.05, 0) is 47.9 Å². The maximum Gasteiger partial charge on any atom is 0.175 e. The molecule has 112 valence electrons. The molecule has 5 heteroatoms. The van der Waals surface area contributed by atoms with Crippen LogP contribution in [0.5, 0.6) is 5.75 Å². The van der Waals surface area contributed by atoms with Gasteiger partial charge in [-0.25, -0.2) is 8.42 Å². The Labute approximate surface area is 134 Å². The Morgan fingerprint density at radius 2 is 1.86 bits per heavy atom. The lowest BCUT2D eigenvalue weighted by Gasteiger charge is -2.15. The van der Waals surface area contributed by atoms with Crippen LogP contribution in [0.1, 0.15) is 21.5 Å². The standard InChI is InChI=1S/C16H17BrO3S/c1-11-9-13(20-2)7-8-15(11)16(17)12-5-4-6-14(10-12)21(3,18)19/h4-10,16H,1-3H3. The maximum absolute atomic E-state index is 11.7. The van der Waals surface area contributed by atoms with Gasteiger partial charge in [-0.1, -0.05) is 34.1 Å². The van der Waals surface area contributed by atoms with Crippen molar-refractivity contribution in [2.45, 2.75) is 16.6 Å². The molecule has 2 rings (SSSR count). The van der Waals surface area contributed by atoms with Crippen LogP contribution >= 0.6 is 15.9 Å². The van der Waals surface area contributed by atoms with Crippen molar-refractivity contribution in [2.24, 2.45) is 0 Å². The topological polar surface area (TPSA) is 43.4 Å². The lowest BCUT2D eigenvalue weighted by Crippen LogP contribution is -2.01. The van der Waals surface area contributed by atoms with Gasteiger partial charge in [0.2, 0.25) is 0 Å². The Kier molecular flexibility index (Phi) is 4.74. The van der Waals surface area contributed by atoms with E-state index in [1.807, 2.05) is 31.2 Å². The Morgan fingerprint density at radius 1 is 1.14 bits per heavy atom. The fourth-order valence-electron chi connectivity index (χ4n) is 2.14. The number of rotatable bonds is 4. The van der Waals surface area contributed by atoms with Gasteiger partial charge in [0.1, 0.15) is 5.75 Å². The third-order valence-corrected chi connectivity index (χ3v) is 5.46. The second-order valence-electron chi connectivity index (χ2n) is 4.93. The van der Waals surface area contributed by atoms with Crippen LogP contribution in [0.15, 0.2) is 47.4 Å². The molecular formula is C16H17BrO3S. The van der Waals surface area contributed by atoms with Gasteiger partial charge in [0.15, 0.2) is 9.84 Å². The summed E-state index contributed by atoms with van der Waals surface area (Å²) in [4.78, 5) is 0.265. The summed E-state index contributed by atoms with van der Waals surface area (Å²) in [6.07, 6.45) is 1.22. The van der Waals surface area contributed by atoms with E-state index in [-0.39, 0.29) is 4.83 Å². The average Bonchev–Trinajstić information content (AvgIpc) is 2.45. The van der Waals surface area contributed by atoms with Crippen molar-refractivity contribution in [3.8, 4) is 5.75 Å². The molecule has 2 aromatic rings. The van der Waals surface area contributed by atoms with E-state index in [4.69, 9.17) is 4.74 Å². The highest BCUT2D eigenvalue weighted by atomic mass is 79.9. The molecule has 0 radical (unpaired) electrons. The first-order chi connectivity index (χ1) is 9.82. The van der Waals surface area contributed by atoms with Crippen molar-refractivity contribution in [1.29, 1.82) is 0 Å². The molecule has 1 unspecified atom stereocenters. The Bertz CT molecular complexity index is 754. The van der Waals surface area contributed by atoms with Crippen LogP contribution < -0.4 is 4.74 Å². The van der Waals surface area contributed by atoms with Gasteiger partial charge in [0, 0.05) is 6.26 Å². The van der Waals surface area contributed by atoms with E-state index < -0.39 is 9.84 Å². The van der Waals surface area contributed by atoms with E-state index in [1.54, 1.807) is 25.3 Å². The molecule has 0 aliphatic heterocycles. The van der Waals surface area contributed by atoms with E-state index >= 15 is 0 Å². The summed E-state index contributed by atoms with van der Waals surface area (Å²) in [6.45, 7) is 2.01. The number of ether oxygens (including phenoxy) is 1. The van der Waals surface area contributed by atoms with Crippen LogP contribution in [-0.2, 0) is 9.84 Å². The van der Waals surface area contributed by atoms with Crippen LogP contribution in [0.2, 0.25) is 0 Å². The molecule has 0 fully saturated rings. The first kappa shape index (κ1) is 16.0. The Balaban J connectivity index is 2.43. The summed E-state index contributed by atoms with van der Waals surface area (Å²) < 4.78 is 28.5. The average molecular weight is 369 g/mol. The monoisotopic (exact) mass is 368 g/mol. The van der Waals surface area contributed by atoms with Gasteiger partial charge in [-0.2, -0.15) is 0 Å². The number of benzene rings is 2. The SMILES string of the molecule is COc1ccc(C(Br)c2cccc(S(C)(=O)=O)c2)c(C)c1. The quantitative estimate of drug-likeness (QED) is 0.768. The number of halogens is 1. The number of alkyl halides is 1. The zero-order valence-electron chi connectivity index (χ0n) is 12.1. The molecule has 0 heterocycles. The van der Waals surface area contributed by atoms with Gasteiger partial charge >= 0.3 is 0 Å². The predicted octanol–water partition coefficient (Wildman–Crippen LogP) is 3.89. The van der Waals surface area contributed by atoms with Crippen molar-refractivity contribution >= 4 is 25.8 Å². The smallest absolute Gasteiger partial charge is 0.175 e. The number of hydrogen-bond acceptors (Lipinski definition) is 3. The molecule has 21 heavy (non-hydrogen) atoms. The van der Waals surface area contributed by atoms with Gasteiger partial charge in [0.25, 0.3) is 0 Å². The highest BCUT2D eigenvalue weighted by Gasteiger charge is 2.16. The van der Waals surface area contributed by atoms with Crippen LogP contribution in [0.4, 0.5) is 0 Å². The van der Waals surface area contributed by atoms with Crippen LogP contribution in [0.25, 0.3) is 0 Å². The third-order valence-electron chi connectivity index (χ3n) is 3.33. The zero-order valence-corrected chi connectivity index (χ0v) is 14.5. The van der Waals surface area contributed by atoms with Crippen LogP contribution in [0.3, 0.4) is 0 Å². The summed E-state index contributed by atoms with van der Waals surface area (Å²) >= 11 is 3.66. The number of hydrogen-bond donors (Lipinski definition) is 0. The van der Waals surface area contributed by atoms with Crippen molar-refractivity contribution in [3.05, 3.63) is 59.2 Å². The predicted molar refractivity (Wildman–Crippen MR) is 88.1 cm³/mol. The normalized spacial score (nSPS) is 13.0. The van der Waals surface area contributed by atoms with E-state index in [9.17, 15) is 8.42 Å². The minimum absolute atomic E-state index is 0.0647. The van der Waals surface area contributed by atoms with Crippen molar-refractivity contribution in [3.63, 3.8) is 0 Å². The molecule has 0 aliphatic rings. The lowest BCUT2D eigenvalue weighted by molar-refractivity contribution is 0.414. The molecule has 0 aliphatic carbocycles. The fraction of sp³-hybridized carbons (Fsp3) is 0.250. The van der Waals surface area contributed by atoms with Crippen molar-refractivity contribution < 1.29 is 13.2 Å². The van der Waals surface area contributed by atoms with E-state index in [0.29, 0.717) is 4.90 Å². The summed E-state index contributed by atoms with van der Waals surface area (Å²) in [7, 11) is -1.57. The summed E-state index contributed by atoms with van der Waals surface area (Å²) in [6, 6.07) is 12.8. The minimum Gasteiger partial charge on any atom is -0.497 e. The first-order valence-electron chi connectivity index (χ1n) is 6.41. The van der Waals surface area contributed by atoms with Gasteiger partial charge < -0.3 is 4.74 Å². The highest BCUT2D eigenvalue weighted by Crippen LogP contribution is 2.35. The van der Waals surface area contributed by atoms with Gasteiger partial charge in [0.05, 0.1) is 16.8 Å². The van der Waals surface area contributed by atoms with Crippen LogP contribution in [-0.4, -0.2) is 21.8 Å². The van der Waals surface area contributed by atoms with Crippen LogP contribution in [0, 0.1) is 6.92 Å². The molecule has 0 saturated heterocycles. The van der Waals surface area contributed by atoms with Crippen molar-refractivity contribution in [2.75, 3.05) is 13.4 Å². The maximum atomic E-state index is 11.7. The third kappa shape index (κ3) is 3.66. The first-order valence-corrected chi connectivity index (χ1v) is 9.22. The second kappa shape index (κ2) is 6.20. The molecule has 0 spiro atoms. The number of methoxy groups -OCH3 is 1. The molecule has 1 atom stereocenters. The van der Waals surface area contributed by atoms with E-state index in [2.05, 4.69) is 15.9 Å². The summed E-state index contributed by atoms with van der Waals surface area (Å²) in [5, 5.41) is 0. The van der Waals surface area contributed by atoms with Crippen molar-refractivity contribution in [1.82, 2.24) is 0 Å².